The van der Waals surface area contributed by atoms with E-state index in [2.05, 4.69) is 104 Å². The average Bonchev–Trinajstić information content (AvgIpc) is 3.51. The summed E-state index contributed by atoms with van der Waals surface area (Å²) in [5, 5.41) is 9.16. The van der Waals surface area contributed by atoms with Gasteiger partial charge in [0.05, 0.1) is 0 Å². The zero-order valence-corrected chi connectivity index (χ0v) is 30.3. The first-order valence-electron chi connectivity index (χ1n) is 14.2. The van der Waals surface area contributed by atoms with Crippen molar-refractivity contribution in [2.45, 2.75) is 81.1 Å². The van der Waals surface area contributed by atoms with Crippen molar-refractivity contribution in [2.24, 2.45) is 0 Å². The minimum atomic E-state index is 0. The second-order valence-corrected chi connectivity index (χ2v) is 15.4. The molecule has 0 N–H and O–H groups in total. The Balaban J connectivity index is 0.000000688. The van der Waals surface area contributed by atoms with Crippen LogP contribution in [0.3, 0.4) is 0 Å². The third-order valence-electron chi connectivity index (χ3n) is 7.32. The van der Waals surface area contributed by atoms with Crippen molar-refractivity contribution in [3.05, 3.63) is 70.8 Å². The number of hydrogen-bond donors (Lipinski definition) is 0. The quantitative estimate of drug-likeness (QED) is 0.139. The maximum atomic E-state index is 2.47. The van der Waals surface area contributed by atoms with E-state index in [1.807, 2.05) is 0 Å². The van der Waals surface area contributed by atoms with E-state index in [0.717, 1.165) is 0 Å². The summed E-state index contributed by atoms with van der Waals surface area (Å²) in [4.78, 5) is 0. The summed E-state index contributed by atoms with van der Waals surface area (Å²) < 4.78 is 0. The van der Waals surface area contributed by atoms with Crippen LogP contribution in [0.5, 0.6) is 0 Å². The first-order chi connectivity index (χ1) is 17.3. The minimum absolute atomic E-state index is 0. The molecule has 0 aliphatic rings. The number of halogens is 2. The molecule has 0 heterocycles. The van der Waals surface area contributed by atoms with E-state index in [0.29, 0.717) is 0 Å². The molecule has 0 nitrogen and oxygen atoms in total. The van der Waals surface area contributed by atoms with E-state index in [1.165, 1.54) is 94.1 Å². The molecule has 0 atom stereocenters. The normalized spacial score (nSPS) is 10.7. The number of aryl methyl sites for hydroxylation is 4. The van der Waals surface area contributed by atoms with Gasteiger partial charge in [-0.25, -0.2) is 0 Å². The van der Waals surface area contributed by atoms with Gasteiger partial charge < -0.3 is 24.8 Å². The fourth-order valence-electron chi connectivity index (χ4n) is 5.33. The molecule has 4 rings (SSSR count). The predicted molar refractivity (Wildman–Crippen MR) is 172 cm³/mol. The molecule has 0 aromatic heterocycles. The predicted octanol–water partition coefficient (Wildman–Crippen LogP) is 4.21. The first kappa shape index (κ1) is 38.8. The summed E-state index contributed by atoms with van der Waals surface area (Å²) in [5.41, 5.74) is 5.68. The van der Waals surface area contributed by atoms with Crippen LogP contribution in [0.15, 0.2) is 48.5 Å². The summed E-state index contributed by atoms with van der Waals surface area (Å²) in [6.07, 6.45) is 10.8. The van der Waals surface area contributed by atoms with Crippen molar-refractivity contribution in [2.75, 3.05) is 24.6 Å². The minimum Gasteiger partial charge on any atom is -1.00 e. The third-order valence-corrected chi connectivity index (χ3v) is 13.2. The van der Waals surface area contributed by atoms with Crippen molar-refractivity contribution >= 4 is 48.0 Å². The fraction of sp³-hybridized carbons (Fsp3) is 0.471. The Kier molecular flexibility index (Phi) is 19.0. The summed E-state index contributed by atoms with van der Waals surface area (Å²) in [5.74, 6) is 0. The van der Waals surface area contributed by atoms with E-state index < -0.39 is 0 Å². The van der Waals surface area contributed by atoms with Crippen LogP contribution < -0.4 is 35.4 Å². The summed E-state index contributed by atoms with van der Waals surface area (Å²) in [6, 6.07) is 18.9. The Hall–Kier alpha value is -0.186. The Morgan fingerprint density at radius 3 is 1.05 bits per heavy atom. The third kappa shape index (κ3) is 9.95. The van der Waals surface area contributed by atoms with Gasteiger partial charge in [-0.1, -0.05) is 106 Å². The molecule has 0 saturated heterocycles. The Bertz CT molecular complexity index is 1070. The fourth-order valence-corrected chi connectivity index (χ4v) is 10.2. The second kappa shape index (κ2) is 19.1. The molecule has 212 valence electrons. The van der Waals surface area contributed by atoms with Crippen molar-refractivity contribution in [1.29, 1.82) is 0 Å². The molecule has 0 amide bonds. The van der Waals surface area contributed by atoms with Gasteiger partial charge in [0.25, 0.3) is 0 Å². The van der Waals surface area contributed by atoms with Gasteiger partial charge in [-0.15, -0.1) is 67.5 Å². The van der Waals surface area contributed by atoms with Gasteiger partial charge >= 0.3 is 21.7 Å². The molecule has 0 fully saturated rings. The van der Waals surface area contributed by atoms with Crippen LogP contribution in [-0.2, 0) is 21.7 Å². The molecule has 0 bridgehead atoms. The number of rotatable bonds is 10. The van der Waals surface area contributed by atoms with Crippen LogP contribution in [0.4, 0.5) is 0 Å². The number of hydrogen-bond acceptors (Lipinski definition) is 0. The standard InChI is InChI=1S/2C17H24P.2ClH.Ti/c2*1-5-9-18(10-6-2)15-11-16-13(3)7-8-14(4)17(16)12-15;;;/h2*7-8,11-12H,5-6,9-10H2,1-4H3;2*1H;/q2*-1;;;+4/p-2. The van der Waals surface area contributed by atoms with E-state index in [9.17, 15) is 0 Å². The van der Waals surface area contributed by atoms with Crippen molar-refractivity contribution in [3.63, 3.8) is 0 Å². The topological polar surface area (TPSA) is 0 Å². The zero-order chi connectivity index (χ0) is 26.2. The van der Waals surface area contributed by atoms with Gasteiger partial charge in [0, 0.05) is 0 Å². The smallest absolute Gasteiger partial charge is 1.00 e. The van der Waals surface area contributed by atoms with Crippen LogP contribution in [-0.4, -0.2) is 24.6 Å². The van der Waals surface area contributed by atoms with Crippen LogP contribution >= 0.6 is 15.8 Å². The Morgan fingerprint density at radius 2 is 0.795 bits per heavy atom. The molecule has 39 heavy (non-hydrogen) atoms. The van der Waals surface area contributed by atoms with Gasteiger partial charge in [0.2, 0.25) is 0 Å². The maximum absolute atomic E-state index is 2.47. The molecular weight excluding hydrogens is 589 g/mol. The molecule has 0 radical (unpaired) electrons. The molecular formula is C34H48Cl2P2Ti. The Labute approximate surface area is 269 Å². The molecule has 5 heteroatoms. The second-order valence-electron chi connectivity index (χ2n) is 10.5. The average molecular weight is 637 g/mol. The molecule has 4 aromatic rings. The molecule has 0 spiro atoms. The summed E-state index contributed by atoms with van der Waals surface area (Å²) in [6.45, 7) is 18.2. The van der Waals surface area contributed by atoms with Crippen LogP contribution in [0, 0.1) is 27.7 Å². The van der Waals surface area contributed by atoms with E-state index >= 15 is 0 Å². The van der Waals surface area contributed by atoms with E-state index in [-0.39, 0.29) is 62.4 Å². The van der Waals surface area contributed by atoms with Gasteiger partial charge in [-0.3, -0.25) is 0 Å². The molecule has 4 aromatic carbocycles. The first-order valence-corrected chi connectivity index (χ1v) is 17.6. The van der Waals surface area contributed by atoms with Crippen molar-refractivity contribution in [1.82, 2.24) is 0 Å². The van der Waals surface area contributed by atoms with E-state index in [1.54, 1.807) is 10.6 Å². The largest absolute Gasteiger partial charge is 4.00 e. The van der Waals surface area contributed by atoms with Crippen molar-refractivity contribution < 1.29 is 46.5 Å². The number of fused-ring (bicyclic) bond motifs is 2. The zero-order valence-electron chi connectivity index (χ0n) is 25.4. The van der Waals surface area contributed by atoms with Gasteiger partial charge in [0.15, 0.2) is 0 Å². The van der Waals surface area contributed by atoms with Crippen LogP contribution in [0.2, 0.25) is 0 Å². The van der Waals surface area contributed by atoms with Gasteiger partial charge in [-0.05, 0) is 38.5 Å². The Morgan fingerprint density at radius 1 is 0.513 bits per heavy atom. The molecule has 0 aliphatic carbocycles. The van der Waals surface area contributed by atoms with Crippen LogP contribution in [0.1, 0.15) is 75.6 Å². The molecule has 0 saturated carbocycles. The van der Waals surface area contributed by atoms with Crippen LogP contribution in [0.25, 0.3) is 21.5 Å². The van der Waals surface area contributed by atoms with Gasteiger partial charge in [-0.2, -0.15) is 12.1 Å². The maximum Gasteiger partial charge on any atom is 4.00 e. The van der Waals surface area contributed by atoms with E-state index in [4.69, 9.17) is 0 Å². The molecule has 0 unspecified atom stereocenters. The SMILES string of the molecule is CCCP(CCC)c1cc2c(C)ccc(C)c2[cH-]1.CCCP(CCC)c1cc2c(C)ccc(C)c2[cH-]1.[Cl-].[Cl-].[Ti+4]. The summed E-state index contributed by atoms with van der Waals surface area (Å²) in [7, 11) is 0.145. The molecule has 0 aliphatic heterocycles. The van der Waals surface area contributed by atoms with Crippen molar-refractivity contribution in [3.8, 4) is 0 Å². The van der Waals surface area contributed by atoms with Gasteiger partial charge in [0.1, 0.15) is 0 Å². The number of benzene rings is 2. The monoisotopic (exact) mass is 636 g/mol. The summed E-state index contributed by atoms with van der Waals surface area (Å²) >= 11 is 0.